The molecule has 0 saturated carbocycles. The maximum atomic E-state index is 5.64. The van der Waals surface area contributed by atoms with E-state index in [2.05, 4.69) is 44.9 Å². The van der Waals surface area contributed by atoms with Gasteiger partial charge in [-0.1, -0.05) is 23.8 Å². The molecule has 0 saturated heterocycles. The molecule has 0 heterocycles. The minimum absolute atomic E-state index is 0.221. The van der Waals surface area contributed by atoms with Crippen LogP contribution in [0.3, 0.4) is 0 Å². The zero-order valence-electron chi connectivity index (χ0n) is 10.5. The summed E-state index contributed by atoms with van der Waals surface area (Å²) in [5.41, 5.74) is 8.16. The molecule has 2 nitrogen and oxygen atoms in total. The van der Waals surface area contributed by atoms with Gasteiger partial charge in [-0.15, -0.1) is 6.58 Å². The Hall–Kier alpha value is -1.12. The first-order valence-electron chi connectivity index (χ1n) is 5.75. The quantitative estimate of drug-likeness (QED) is 0.453. The predicted molar refractivity (Wildman–Crippen MR) is 70.1 cm³/mol. The van der Waals surface area contributed by atoms with E-state index < -0.39 is 0 Å². The summed E-state index contributed by atoms with van der Waals surface area (Å²) >= 11 is 0. The summed E-state index contributed by atoms with van der Waals surface area (Å²) in [5, 5.41) is 0. The molecule has 1 aromatic carbocycles. The Kier molecular flexibility index (Phi) is 4.71. The van der Waals surface area contributed by atoms with Gasteiger partial charge in [-0.3, -0.25) is 11.3 Å². The second kappa shape index (κ2) is 5.83. The van der Waals surface area contributed by atoms with Crippen LogP contribution in [0.4, 0.5) is 0 Å². The first-order chi connectivity index (χ1) is 7.60. The van der Waals surface area contributed by atoms with Crippen molar-refractivity contribution in [2.24, 2.45) is 5.84 Å². The van der Waals surface area contributed by atoms with Crippen molar-refractivity contribution in [2.45, 2.75) is 39.7 Å². The fraction of sp³-hybridized carbons (Fsp3) is 0.429. The Morgan fingerprint density at radius 1 is 1.31 bits per heavy atom. The minimum Gasteiger partial charge on any atom is -0.271 e. The van der Waals surface area contributed by atoms with Crippen LogP contribution in [-0.4, -0.2) is 0 Å². The maximum absolute atomic E-state index is 5.64. The van der Waals surface area contributed by atoms with Crippen molar-refractivity contribution in [2.75, 3.05) is 0 Å². The lowest BCUT2D eigenvalue weighted by Crippen LogP contribution is -2.29. The van der Waals surface area contributed by atoms with Gasteiger partial charge in [0.1, 0.15) is 0 Å². The molecule has 16 heavy (non-hydrogen) atoms. The van der Waals surface area contributed by atoms with Gasteiger partial charge in [0, 0.05) is 6.04 Å². The zero-order chi connectivity index (χ0) is 12.1. The molecule has 1 rings (SSSR count). The van der Waals surface area contributed by atoms with E-state index in [1.165, 1.54) is 22.3 Å². The van der Waals surface area contributed by atoms with Crippen molar-refractivity contribution >= 4 is 0 Å². The van der Waals surface area contributed by atoms with E-state index in [0.29, 0.717) is 0 Å². The van der Waals surface area contributed by atoms with Crippen molar-refractivity contribution < 1.29 is 0 Å². The minimum atomic E-state index is 0.221. The normalized spacial score (nSPS) is 12.5. The summed E-state index contributed by atoms with van der Waals surface area (Å²) in [6, 6.07) is 4.64. The molecule has 1 unspecified atom stereocenters. The molecule has 0 amide bonds. The van der Waals surface area contributed by atoms with Crippen LogP contribution in [0.25, 0.3) is 0 Å². The Balaban J connectivity index is 3.04. The molecule has 0 aliphatic heterocycles. The molecule has 2 heteroatoms. The fourth-order valence-electron chi connectivity index (χ4n) is 2.34. The molecular formula is C14H22N2. The molecule has 0 aliphatic carbocycles. The largest absolute Gasteiger partial charge is 0.271 e. The highest BCUT2D eigenvalue weighted by atomic mass is 15.2. The molecular weight excluding hydrogens is 196 g/mol. The lowest BCUT2D eigenvalue weighted by molar-refractivity contribution is 0.516. The number of hydrazine groups is 1. The molecule has 0 aromatic heterocycles. The smallest absolute Gasteiger partial charge is 0.0468 e. The summed E-state index contributed by atoms with van der Waals surface area (Å²) < 4.78 is 0. The SMILES string of the molecule is C=CCCC(NN)c1c(C)cc(C)cc1C. The van der Waals surface area contributed by atoms with E-state index >= 15 is 0 Å². The monoisotopic (exact) mass is 218 g/mol. The van der Waals surface area contributed by atoms with Crippen LogP contribution in [0.15, 0.2) is 24.8 Å². The highest BCUT2D eigenvalue weighted by molar-refractivity contribution is 5.39. The van der Waals surface area contributed by atoms with Crippen LogP contribution in [0.1, 0.15) is 41.1 Å². The van der Waals surface area contributed by atoms with Gasteiger partial charge in [0.15, 0.2) is 0 Å². The Labute approximate surface area is 98.5 Å². The maximum Gasteiger partial charge on any atom is 0.0468 e. The zero-order valence-corrected chi connectivity index (χ0v) is 10.5. The summed E-state index contributed by atoms with van der Waals surface area (Å²) in [6.07, 6.45) is 3.90. The highest BCUT2D eigenvalue weighted by Crippen LogP contribution is 2.26. The van der Waals surface area contributed by atoms with Gasteiger partial charge < -0.3 is 0 Å². The second-order valence-electron chi connectivity index (χ2n) is 4.40. The van der Waals surface area contributed by atoms with Gasteiger partial charge in [-0.2, -0.15) is 0 Å². The van der Waals surface area contributed by atoms with Crippen LogP contribution in [0.2, 0.25) is 0 Å². The molecule has 3 N–H and O–H groups in total. The van der Waals surface area contributed by atoms with Crippen LogP contribution < -0.4 is 11.3 Å². The topological polar surface area (TPSA) is 38.0 Å². The number of rotatable bonds is 5. The standard InChI is InChI=1S/C14H22N2/c1-5-6-7-13(16-15)14-11(3)8-10(2)9-12(14)4/h5,8-9,13,16H,1,6-7,15H2,2-4H3. The molecule has 0 radical (unpaired) electrons. The van der Waals surface area contributed by atoms with E-state index in [9.17, 15) is 0 Å². The Morgan fingerprint density at radius 3 is 2.31 bits per heavy atom. The van der Waals surface area contributed by atoms with Gasteiger partial charge in [0.25, 0.3) is 0 Å². The van der Waals surface area contributed by atoms with Crippen molar-refractivity contribution in [1.29, 1.82) is 0 Å². The number of hydrogen-bond acceptors (Lipinski definition) is 2. The lowest BCUT2D eigenvalue weighted by Gasteiger charge is -2.21. The van der Waals surface area contributed by atoms with Gasteiger partial charge in [-0.05, 0) is 50.3 Å². The van der Waals surface area contributed by atoms with Crippen LogP contribution in [0, 0.1) is 20.8 Å². The summed E-state index contributed by atoms with van der Waals surface area (Å²) in [7, 11) is 0. The molecule has 88 valence electrons. The average molecular weight is 218 g/mol. The number of hydrogen-bond donors (Lipinski definition) is 2. The third-order valence-electron chi connectivity index (χ3n) is 2.95. The molecule has 0 bridgehead atoms. The lowest BCUT2D eigenvalue weighted by atomic mass is 9.92. The number of allylic oxidation sites excluding steroid dienone is 1. The third kappa shape index (κ3) is 2.94. The van der Waals surface area contributed by atoms with E-state index in [-0.39, 0.29) is 6.04 Å². The second-order valence-corrected chi connectivity index (χ2v) is 4.40. The third-order valence-corrected chi connectivity index (χ3v) is 2.95. The van der Waals surface area contributed by atoms with E-state index in [1.54, 1.807) is 0 Å². The van der Waals surface area contributed by atoms with Crippen molar-refractivity contribution in [3.8, 4) is 0 Å². The van der Waals surface area contributed by atoms with Crippen molar-refractivity contribution in [1.82, 2.24) is 5.43 Å². The van der Waals surface area contributed by atoms with Crippen LogP contribution in [0.5, 0.6) is 0 Å². The van der Waals surface area contributed by atoms with Crippen molar-refractivity contribution in [3.05, 3.63) is 47.0 Å². The van der Waals surface area contributed by atoms with Gasteiger partial charge >= 0.3 is 0 Å². The molecule has 0 aliphatic rings. The number of benzene rings is 1. The first-order valence-corrected chi connectivity index (χ1v) is 5.75. The van der Waals surface area contributed by atoms with Crippen LogP contribution in [-0.2, 0) is 0 Å². The van der Waals surface area contributed by atoms with Gasteiger partial charge in [0.2, 0.25) is 0 Å². The first kappa shape index (κ1) is 12.9. The van der Waals surface area contributed by atoms with Crippen LogP contribution >= 0.6 is 0 Å². The van der Waals surface area contributed by atoms with E-state index in [0.717, 1.165) is 12.8 Å². The highest BCUT2D eigenvalue weighted by Gasteiger charge is 2.14. The molecule has 1 aromatic rings. The van der Waals surface area contributed by atoms with Gasteiger partial charge in [-0.25, -0.2) is 0 Å². The Bertz CT molecular complexity index is 346. The van der Waals surface area contributed by atoms with Crippen molar-refractivity contribution in [3.63, 3.8) is 0 Å². The molecule has 0 spiro atoms. The number of nitrogens with two attached hydrogens (primary N) is 1. The van der Waals surface area contributed by atoms with E-state index in [4.69, 9.17) is 5.84 Å². The van der Waals surface area contributed by atoms with Gasteiger partial charge in [0.05, 0.1) is 0 Å². The fourth-order valence-corrected chi connectivity index (χ4v) is 2.34. The average Bonchev–Trinajstić information content (AvgIpc) is 2.21. The summed E-state index contributed by atoms with van der Waals surface area (Å²) in [4.78, 5) is 0. The molecule has 0 fully saturated rings. The number of aryl methyl sites for hydroxylation is 3. The number of nitrogens with one attached hydrogen (secondary N) is 1. The predicted octanol–water partition coefficient (Wildman–Crippen LogP) is 3.08. The van der Waals surface area contributed by atoms with E-state index in [1.807, 2.05) is 6.08 Å². The molecule has 1 atom stereocenters. The summed E-state index contributed by atoms with van der Waals surface area (Å²) in [6.45, 7) is 10.2. The summed E-state index contributed by atoms with van der Waals surface area (Å²) in [5.74, 6) is 5.64. The Morgan fingerprint density at radius 2 is 1.88 bits per heavy atom.